The molecule has 16 aromatic rings. The van der Waals surface area contributed by atoms with Crippen LogP contribution in [0.4, 0.5) is 73.9 Å². The molecule has 5 aliphatic heterocycles. The third-order valence-corrected chi connectivity index (χ3v) is 33.3. The van der Waals surface area contributed by atoms with Gasteiger partial charge in [0.05, 0.1) is 22.5 Å². The first-order chi connectivity index (χ1) is 70.5. The molecule has 28 rings (SSSR count). The van der Waals surface area contributed by atoms with E-state index in [0.717, 1.165) is 113 Å². The quantitative estimate of drug-likeness (QED) is 0.0703. The fourth-order valence-electron chi connectivity index (χ4n) is 26.3. The molecular formula is C134H101B2N5S. The van der Waals surface area contributed by atoms with Crippen LogP contribution in [0.2, 0.25) is 0 Å². The third kappa shape index (κ3) is 13.4. The molecule has 12 aliphatic rings. The van der Waals surface area contributed by atoms with Crippen molar-refractivity contribution in [2.24, 2.45) is 23.7 Å². The van der Waals surface area contributed by atoms with E-state index in [0.29, 0.717) is 0 Å². The Kier molecular flexibility index (Phi) is 20.5. The maximum absolute atomic E-state index is 2.91. The van der Waals surface area contributed by atoms with E-state index < -0.39 is 5.41 Å². The molecule has 142 heavy (non-hydrogen) atoms. The van der Waals surface area contributed by atoms with Gasteiger partial charge >= 0.3 is 0 Å². The summed E-state index contributed by atoms with van der Waals surface area (Å²) in [5, 5.41) is 0. The van der Waals surface area contributed by atoms with Gasteiger partial charge in [-0.1, -0.05) is 412 Å². The zero-order valence-electron chi connectivity index (χ0n) is 79.0. The molecule has 1 spiro atoms. The number of fused-ring (bicyclic) bond motifs is 17. The highest BCUT2D eigenvalue weighted by Gasteiger charge is 2.56. The minimum absolute atomic E-state index is 0.0112. The standard InChI is InChI=1S/C134H101B2N5S/c1-11-45-89(46-12-1)101-65-33-39-77-117(101)137(98-61-27-9-28-62-98)100-83-125-131-126(84-100)141(133-105(93-53-19-5-20-54-93)71-44-72-106(133)94-55-21-6-22-56-94)122-88-128-112(86-116(122)136(131)114-76-38-42-80-120(114)139(125)118-78-40-34-66-102(118)90-47-13-2-14-48-90)134(109-73-35-31-67-107(109)108-68-32-36-74-110(108)134)111-85-115-121(87-127(111)142-128)140(132-103(91-49-15-3-16-50-91)69-43-70-104(132)92-51-17-4-18-52-92)124-82-97(129(95-57-23-7-24-58-95)96-59-25-8-26-60-96)81-123-130(124)135(115)113-75-37-41-79-119(113)138(123)99-63-29-10-30-64-99/h1-3,5,7-17,19-21,23-49,51-53,55-69,71,73-88,91,93,104,106,129H,4,6,18,22,50,54,70,72H2. The van der Waals surface area contributed by atoms with Crippen molar-refractivity contribution in [1.82, 2.24) is 0 Å². The molecule has 0 aromatic heterocycles. The Bertz CT molecular complexity index is 8170. The normalized spacial score (nSPS) is 18.4. The smallest absolute Gasteiger partial charge is 0.252 e. The van der Waals surface area contributed by atoms with Crippen LogP contribution in [0.5, 0.6) is 0 Å². The zero-order chi connectivity index (χ0) is 93.5. The van der Waals surface area contributed by atoms with Crippen LogP contribution in [-0.2, 0) is 5.41 Å². The van der Waals surface area contributed by atoms with Gasteiger partial charge in [0.15, 0.2) is 0 Å². The Morgan fingerprint density at radius 1 is 0.296 bits per heavy atom. The Balaban J connectivity index is 0.774. The third-order valence-electron chi connectivity index (χ3n) is 32.2. The second-order valence-corrected chi connectivity index (χ2v) is 40.8. The summed E-state index contributed by atoms with van der Waals surface area (Å²) in [6, 6.07) is 146. The second kappa shape index (κ2) is 34.7. The Hall–Kier alpha value is -16.1. The van der Waals surface area contributed by atoms with Crippen LogP contribution in [0, 0.1) is 23.7 Å². The van der Waals surface area contributed by atoms with Crippen molar-refractivity contribution < 1.29 is 0 Å². The molecule has 7 aliphatic carbocycles. The molecule has 0 saturated heterocycles. The number of allylic oxidation sites excluding steroid dienone is 22. The first-order valence-electron chi connectivity index (χ1n) is 51.0. The summed E-state index contributed by atoms with van der Waals surface area (Å²) in [6.07, 6.45) is 51.6. The summed E-state index contributed by atoms with van der Waals surface area (Å²) in [7, 11) is 0. The molecule has 0 amide bonds. The topological polar surface area (TPSA) is 16.2 Å². The fourth-order valence-corrected chi connectivity index (χ4v) is 27.5. The molecule has 16 aromatic carbocycles. The molecule has 4 atom stereocenters. The van der Waals surface area contributed by atoms with Crippen molar-refractivity contribution in [3.63, 3.8) is 0 Å². The van der Waals surface area contributed by atoms with Gasteiger partial charge in [0.2, 0.25) is 0 Å². The number of hydrogen-bond donors (Lipinski definition) is 0. The molecule has 0 bridgehead atoms. The number of nitrogens with zero attached hydrogens (tertiary/aromatic N) is 5. The molecule has 0 fully saturated rings. The van der Waals surface area contributed by atoms with Crippen LogP contribution in [-0.4, -0.2) is 13.4 Å². The lowest BCUT2D eigenvalue weighted by molar-refractivity contribution is 0.657. The second-order valence-electron chi connectivity index (χ2n) is 39.7. The van der Waals surface area contributed by atoms with Gasteiger partial charge in [-0.15, -0.1) is 0 Å². The van der Waals surface area contributed by atoms with Crippen LogP contribution < -0.4 is 57.3 Å². The van der Waals surface area contributed by atoms with E-state index in [1.807, 2.05) is 11.8 Å². The zero-order valence-corrected chi connectivity index (χ0v) is 79.8. The largest absolute Gasteiger partial charge is 0.314 e. The van der Waals surface area contributed by atoms with Crippen molar-refractivity contribution in [2.45, 2.75) is 72.5 Å². The number of para-hydroxylation sites is 6. The Labute approximate surface area is 837 Å². The summed E-state index contributed by atoms with van der Waals surface area (Å²) >= 11 is 2.01. The number of anilines is 13. The van der Waals surface area contributed by atoms with Crippen LogP contribution >= 0.6 is 11.8 Å². The highest BCUT2D eigenvalue weighted by atomic mass is 32.2. The first-order valence-corrected chi connectivity index (χ1v) is 51.8. The van der Waals surface area contributed by atoms with Gasteiger partial charge in [0, 0.05) is 119 Å². The molecule has 5 nitrogen and oxygen atoms in total. The predicted octanol–water partition coefficient (Wildman–Crippen LogP) is 30.5. The van der Waals surface area contributed by atoms with Crippen LogP contribution in [0.25, 0.3) is 33.4 Å². The summed E-state index contributed by atoms with van der Waals surface area (Å²) in [5.74, 6) is 0.0365. The van der Waals surface area contributed by atoms with E-state index in [1.165, 1.54) is 160 Å². The number of benzene rings is 16. The van der Waals surface area contributed by atoms with E-state index >= 15 is 0 Å². The van der Waals surface area contributed by atoms with Crippen molar-refractivity contribution in [3.8, 4) is 33.4 Å². The fraction of sp³-hybridized carbons (Fsp3) is 0.104. The highest BCUT2D eigenvalue weighted by Crippen LogP contribution is 2.65. The first kappa shape index (κ1) is 84.0. The van der Waals surface area contributed by atoms with Crippen molar-refractivity contribution in [3.05, 3.63) is 558 Å². The molecule has 8 heteroatoms. The SMILES string of the molecule is C1=CCC(C2=C(N3c4cc5c(cc4B4c6ccccc6N(c6ccccc6)c6cc(C(c7ccccc7)c7ccccc7)cc3c64)C3(c4cc6c(cc4S5)N(C4=C(C5C=CC=CC5)C=CCC4C4=CCCC=C4)c4cc(N(c5ccccc5)c5ccccc5-c5ccccc5)cc5c4B6c4ccccc4N5c4ccccc4-c4ccccc4)c4ccccc4-c4ccccc43)C(C3=CCCC=C3)CC=C2)C=C1. The summed E-state index contributed by atoms with van der Waals surface area (Å²) < 4.78 is 0. The van der Waals surface area contributed by atoms with Gasteiger partial charge in [-0.05, 0) is 253 Å². The van der Waals surface area contributed by atoms with Gasteiger partial charge in [0.25, 0.3) is 13.4 Å². The monoisotopic (exact) mass is 1830 g/mol. The van der Waals surface area contributed by atoms with Gasteiger partial charge in [-0.25, -0.2) is 0 Å². The summed E-state index contributed by atoms with van der Waals surface area (Å²) in [5.41, 5.74) is 46.1. The van der Waals surface area contributed by atoms with E-state index in [2.05, 4.69) is 510 Å². The summed E-state index contributed by atoms with van der Waals surface area (Å²) in [4.78, 5) is 16.2. The Morgan fingerprint density at radius 3 is 1.24 bits per heavy atom. The molecular weight excluding hydrogens is 1730 g/mol. The van der Waals surface area contributed by atoms with Crippen LogP contribution in [0.3, 0.4) is 0 Å². The lowest BCUT2D eigenvalue weighted by Crippen LogP contribution is -2.62. The van der Waals surface area contributed by atoms with E-state index in [9.17, 15) is 0 Å². The van der Waals surface area contributed by atoms with Crippen LogP contribution in [0.15, 0.2) is 529 Å². The summed E-state index contributed by atoms with van der Waals surface area (Å²) in [6.45, 7) is -0.534. The molecule has 0 saturated carbocycles. The Morgan fingerprint density at radius 2 is 0.725 bits per heavy atom. The average Bonchev–Trinajstić information content (AvgIpc) is 1.35. The molecule has 5 heterocycles. The molecule has 4 unspecified atom stereocenters. The maximum Gasteiger partial charge on any atom is 0.252 e. The van der Waals surface area contributed by atoms with Gasteiger partial charge in [-0.3, -0.25) is 0 Å². The maximum atomic E-state index is 2.91. The van der Waals surface area contributed by atoms with Gasteiger partial charge < -0.3 is 24.5 Å². The highest BCUT2D eigenvalue weighted by molar-refractivity contribution is 7.99. The minimum Gasteiger partial charge on any atom is -0.314 e. The van der Waals surface area contributed by atoms with Crippen molar-refractivity contribution >= 4 is 132 Å². The van der Waals surface area contributed by atoms with E-state index in [-0.39, 0.29) is 43.0 Å². The van der Waals surface area contributed by atoms with E-state index in [4.69, 9.17) is 0 Å². The number of hydrogen-bond acceptors (Lipinski definition) is 6. The lowest BCUT2D eigenvalue weighted by Gasteiger charge is -2.50. The van der Waals surface area contributed by atoms with Gasteiger partial charge in [-0.2, -0.15) is 0 Å². The average molecular weight is 1840 g/mol. The van der Waals surface area contributed by atoms with Crippen molar-refractivity contribution in [1.29, 1.82) is 0 Å². The van der Waals surface area contributed by atoms with Crippen molar-refractivity contribution in [2.75, 3.05) is 24.5 Å². The minimum atomic E-state index is -0.891. The van der Waals surface area contributed by atoms with E-state index in [1.54, 1.807) is 0 Å². The van der Waals surface area contributed by atoms with Gasteiger partial charge in [0.1, 0.15) is 0 Å². The molecule has 674 valence electrons. The number of rotatable bonds is 16. The molecule has 0 radical (unpaired) electrons. The predicted molar refractivity (Wildman–Crippen MR) is 597 cm³/mol. The lowest BCUT2D eigenvalue weighted by atomic mass is 9.33. The van der Waals surface area contributed by atoms with Crippen LogP contribution in [0.1, 0.15) is 96.2 Å². The molecule has 0 N–H and O–H groups in total.